The molecule has 2 heteroatoms. The molecule has 2 rings (SSSR count). The Labute approximate surface area is 89.5 Å². The summed E-state index contributed by atoms with van der Waals surface area (Å²) < 4.78 is 0. The van der Waals surface area contributed by atoms with Crippen molar-refractivity contribution in [1.82, 2.24) is 0 Å². The van der Waals surface area contributed by atoms with Crippen molar-refractivity contribution < 1.29 is 5.11 Å². The molecule has 76 valence electrons. The van der Waals surface area contributed by atoms with E-state index >= 15 is 0 Å². The lowest BCUT2D eigenvalue weighted by Gasteiger charge is -2.27. The second-order valence-electron chi connectivity index (χ2n) is 4.06. The van der Waals surface area contributed by atoms with Crippen molar-refractivity contribution in [2.24, 2.45) is 0 Å². The van der Waals surface area contributed by atoms with Crippen molar-refractivity contribution in [1.29, 1.82) is 0 Å². The number of aryl methyl sites for hydroxylation is 1. The van der Waals surface area contributed by atoms with E-state index in [1.165, 1.54) is 5.56 Å². The monoisotopic (exact) mass is 208 g/mol. The zero-order chi connectivity index (χ0) is 10.2. The summed E-state index contributed by atoms with van der Waals surface area (Å²) in [6.07, 6.45) is 0.877. The van der Waals surface area contributed by atoms with Gasteiger partial charge in [-0.3, -0.25) is 0 Å². The van der Waals surface area contributed by atoms with Gasteiger partial charge in [-0.1, -0.05) is 36.8 Å². The maximum absolute atomic E-state index is 10.5. The van der Waals surface area contributed by atoms with Crippen LogP contribution in [-0.4, -0.2) is 16.1 Å². The van der Waals surface area contributed by atoms with Crippen LogP contribution in [0.15, 0.2) is 24.3 Å². The lowest BCUT2D eigenvalue weighted by atomic mass is 9.88. The van der Waals surface area contributed by atoms with Crippen LogP contribution in [0.2, 0.25) is 0 Å². The Bertz CT molecular complexity index is 337. The number of hydrogen-bond acceptors (Lipinski definition) is 2. The van der Waals surface area contributed by atoms with Crippen LogP contribution in [0, 0.1) is 6.92 Å². The summed E-state index contributed by atoms with van der Waals surface area (Å²) >= 11 is 1.85. The van der Waals surface area contributed by atoms with Crippen LogP contribution in [-0.2, 0) is 5.60 Å². The molecule has 0 radical (unpaired) electrons. The lowest BCUT2D eigenvalue weighted by Crippen LogP contribution is -2.31. The Hall–Kier alpha value is -0.470. The van der Waals surface area contributed by atoms with Gasteiger partial charge in [-0.05, 0) is 24.7 Å². The third-order valence-corrected chi connectivity index (χ3v) is 4.37. The van der Waals surface area contributed by atoms with Crippen molar-refractivity contribution in [2.75, 3.05) is 5.75 Å². The Kier molecular flexibility index (Phi) is 2.58. The normalized spacial score (nSPS) is 32.1. The second-order valence-corrected chi connectivity index (χ2v) is 5.51. The zero-order valence-corrected chi connectivity index (χ0v) is 9.47. The summed E-state index contributed by atoms with van der Waals surface area (Å²) in [7, 11) is 0. The lowest BCUT2D eigenvalue weighted by molar-refractivity contribution is 0.0426. The fraction of sp³-hybridized carbons (Fsp3) is 0.500. The highest BCUT2D eigenvalue weighted by atomic mass is 32.2. The van der Waals surface area contributed by atoms with Gasteiger partial charge in [0.25, 0.3) is 0 Å². The van der Waals surface area contributed by atoms with Crippen molar-refractivity contribution in [3.63, 3.8) is 0 Å². The molecule has 0 aromatic heterocycles. The molecule has 14 heavy (non-hydrogen) atoms. The smallest absolute Gasteiger partial charge is 0.102 e. The first-order valence-electron chi connectivity index (χ1n) is 5.04. The Balaban J connectivity index is 2.38. The highest BCUT2D eigenvalue weighted by Crippen LogP contribution is 2.42. The first kappa shape index (κ1) is 10.1. The van der Waals surface area contributed by atoms with Gasteiger partial charge in [0.05, 0.1) is 0 Å². The number of thioether (sulfide) groups is 1. The molecule has 0 unspecified atom stereocenters. The summed E-state index contributed by atoms with van der Waals surface area (Å²) in [6, 6.07) is 8.23. The van der Waals surface area contributed by atoms with Crippen molar-refractivity contribution >= 4 is 11.8 Å². The van der Waals surface area contributed by atoms with E-state index in [1.807, 2.05) is 23.9 Å². The van der Waals surface area contributed by atoms with Gasteiger partial charge < -0.3 is 5.11 Å². The minimum absolute atomic E-state index is 0.310. The molecular weight excluding hydrogens is 192 g/mol. The minimum atomic E-state index is -0.601. The van der Waals surface area contributed by atoms with Gasteiger partial charge in [-0.15, -0.1) is 0 Å². The SMILES string of the molecule is Cc1cccc([C@]2(O)CCS[C@@H]2C)c1. The molecule has 0 bridgehead atoms. The van der Waals surface area contributed by atoms with Crippen LogP contribution in [0.3, 0.4) is 0 Å². The quantitative estimate of drug-likeness (QED) is 0.765. The van der Waals surface area contributed by atoms with Crippen molar-refractivity contribution in [2.45, 2.75) is 31.1 Å². The fourth-order valence-corrected chi connectivity index (χ4v) is 3.34. The molecule has 1 N–H and O–H groups in total. The molecule has 1 heterocycles. The van der Waals surface area contributed by atoms with Crippen LogP contribution in [0.1, 0.15) is 24.5 Å². The van der Waals surface area contributed by atoms with Gasteiger partial charge >= 0.3 is 0 Å². The molecule has 1 aliphatic rings. The first-order valence-corrected chi connectivity index (χ1v) is 6.09. The standard InChI is InChI=1S/C12H16OS/c1-9-4-3-5-11(8-9)12(13)6-7-14-10(12)2/h3-5,8,10,13H,6-7H2,1-2H3/t10-,12+/m1/s1. The van der Waals surface area contributed by atoms with Gasteiger partial charge in [0.1, 0.15) is 5.60 Å². The summed E-state index contributed by atoms with van der Waals surface area (Å²) in [5, 5.41) is 10.8. The topological polar surface area (TPSA) is 20.2 Å². The first-order chi connectivity index (χ1) is 6.63. The van der Waals surface area contributed by atoms with E-state index in [4.69, 9.17) is 0 Å². The maximum atomic E-state index is 10.5. The second kappa shape index (κ2) is 3.59. The van der Waals surface area contributed by atoms with E-state index in [2.05, 4.69) is 26.0 Å². The van der Waals surface area contributed by atoms with Crippen molar-refractivity contribution in [3.05, 3.63) is 35.4 Å². The molecule has 1 saturated heterocycles. The van der Waals surface area contributed by atoms with E-state index in [1.54, 1.807) is 0 Å². The molecule has 1 aromatic carbocycles. The molecular formula is C12H16OS. The van der Waals surface area contributed by atoms with Gasteiger partial charge in [0, 0.05) is 5.25 Å². The number of rotatable bonds is 1. The Morgan fingerprint density at radius 3 is 2.86 bits per heavy atom. The highest BCUT2D eigenvalue weighted by Gasteiger charge is 2.40. The summed E-state index contributed by atoms with van der Waals surface area (Å²) in [5.74, 6) is 1.06. The van der Waals surface area contributed by atoms with Crippen LogP contribution in [0.4, 0.5) is 0 Å². The predicted octanol–water partition coefficient (Wildman–Crippen LogP) is 2.71. The molecule has 0 spiro atoms. The number of benzene rings is 1. The largest absolute Gasteiger partial charge is 0.384 e. The molecule has 0 saturated carbocycles. The molecule has 0 aliphatic carbocycles. The Morgan fingerprint density at radius 2 is 2.29 bits per heavy atom. The van der Waals surface area contributed by atoms with E-state index < -0.39 is 5.60 Å². The maximum Gasteiger partial charge on any atom is 0.102 e. The molecule has 2 atom stereocenters. The third kappa shape index (κ3) is 1.57. The zero-order valence-electron chi connectivity index (χ0n) is 8.66. The molecule has 1 aliphatic heterocycles. The van der Waals surface area contributed by atoms with Crippen LogP contribution in [0.25, 0.3) is 0 Å². The van der Waals surface area contributed by atoms with Crippen LogP contribution < -0.4 is 0 Å². The van der Waals surface area contributed by atoms with Crippen molar-refractivity contribution in [3.8, 4) is 0 Å². The highest BCUT2D eigenvalue weighted by molar-refractivity contribution is 8.00. The molecule has 0 amide bonds. The molecule has 1 aromatic rings. The van der Waals surface area contributed by atoms with Gasteiger partial charge in [0.2, 0.25) is 0 Å². The summed E-state index contributed by atoms with van der Waals surface area (Å²) in [4.78, 5) is 0. The summed E-state index contributed by atoms with van der Waals surface area (Å²) in [5.41, 5.74) is 1.70. The van der Waals surface area contributed by atoms with Gasteiger partial charge in [0.15, 0.2) is 0 Å². The minimum Gasteiger partial charge on any atom is -0.384 e. The molecule has 1 fully saturated rings. The van der Waals surface area contributed by atoms with E-state index in [0.717, 1.165) is 17.7 Å². The number of aliphatic hydroxyl groups is 1. The summed E-state index contributed by atoms with van der Waals surface area (Å²) in [6.45, 7) is 4.18. The van der Waals surface area contributed by atoms with E-state index in [0.29, 0.717) is 5.25 Å². The van der Waals surface area contributed by atoms with Gasteiger partial charge in [-0.25, -0.2) is 0 Å². The van der Waals surface area contributed by atoms with Crippen LogP contribution >= 0.6 is 11.8 Å². The average Bonchev–Trinajstić information content (AvgIpc) is 2.49. The van der Waals surface area contributed by atoms with Crippen LogP contribution in [0.5, 0.6) is 0 Å². The molecule has 1 nitrogen and oxygen atoms in total. The number of hydrogen-bond donors (Lipinski definition) is 1. The average molecular weight is 208 g/mol. The Morgan fingerprint density at radius 1 is 1.50 bits per heavy atom. The fourth-order valence-electron chi connectivity index (χ4n) is 2.03. The van der Waals surface area contributed by atoms with E-state index in [9.17, 15) is 5.11 Å². The third-order valence-electron chi connectivity index (χ3n) is 3.04. The van der Waals surface area contributed by atoms with E-state index in [-0.39, 0.29) is 0 Å². The van der Waals surface area contributed by atoms with Gasteiger partial charge in [-0.2, -0.15) is 11.8 Å². The predicted molar refractivity (Wildman–Crippen MR) is 61.6 cm³/mol.